The van der Waals surface area contributed by atoms with Gasteiger partial charge < -0.3 is 9.84 Å². The van der Waals surface area contributed by atoms with Crippen LogP contribution in [0.4, 0.5) is 0 Å². The molecule has 0 aliphatic heterocycles. The quantitative estimate of drug-likeness (QED) is 0.809. The van der Waals surface area contributed by atoms with E-state index in [1.807, 2.05) is 0 Å². The Bertz CT molecular complexity index is 404. The molecule has 0 aromatic heterocycles. The van der Waals surface area contributed by atoms with Crippen LogP contribution in [0, 0.1) is 0 Å². The Morgan fingerprint density at radius 1 is 1.39 bits per heavy atom. The Hall–Kier alpha value is -1.55. The normalized spacial score (nSPS) is 10.7. The summed E-state index contributed by atoms with van der Waals surface area (Å²) in [7, 11) is 1.61. The molecule has 0 amide bonds. The predicted octanol–water partition coefficient (Wildman–Crippen LogP) is 2.63. The summed E-state index contributed by atoms with van der Waals surface area (Å²) in [6.07, 6.45) is 1.08. The van der Waals surface area contributed by atoms with Gasteiger partial charge in [0.25, 0.3) is 0 Å². The van der Waals surface area contributed by atoms with Crippen LogP contribution in [0.1, 0.15) is 36.2 Å². The van der Waals surface area contributed by atoms with Crippen LogP contribution in [0.25, 0.3) is 0 Å². The van der Waals surface area contributed by atoms with E-state index >= 15 is 0 Å². The van der Waals surface area contributed by atoms with Gasteiger partial charge in [-0.25, -0.2) is 4.79 Å². The third-order valence-electron chi connectivity index (χ3n) is 2.91. The maximum absolute atomic E-state index is 11.0. The lowest BCUT2D eigenvalue weighted by Gasteiger charge is -2.21. The zero-order chi connectivity index (χ0) is 13.5. The summed E-state index contributed by atoms with van der Waals surface area (Å²) in [6, 6.07) is 4.98. The molecule has 1 aromatic carbocycles. The fourth-order valence-electron chi connectivity index (χ4n) is 1.94. The summed E-state index contributed by atoms with van der Waals surface area (Å²) in [6.45, 7) is 6.89. The van der Waals surface area contributed by atoms with Crippen molar-refractivity contribution in [2.75, 3.05) is 20.2 Å². The lowest BCUT2D eigenvalue weighted by Crippen LogP contribution is -2.24. The summed E-state index contributed by atoms with van der Waals surface area (Å²) in [5.74, 6) is -0.160. The minimum Gasteiger partial charge on any atom is -0.496 e. The van der Waals surface area contributed by atoms with Crippen LogP contribution >= 0.6 is 0 Å². The summed E-state index contributed by atoms with van der Waals surface area (Å²) in [5, 5.41) is 9.01. The van der Waals surface area contributed by atoms with Crippen molar-refractivity contribution in [3.8, 4) is 5.75 Å². The first kappa shape index (κ1) is 14.5. The van der Waals surface area contributed by atoms with E-state index in [0.29, 0.717) is 12.1 Å². The standard InChI is InChI=1S/C14H21NO3/c1-4-8-15(5-2)10-12-9-11(14(16)17)6-7-13(12)18-3/h6-7,9H,4-5,8,10H2,1-3H3,(H,16,17). The fraction of sp³-hybridized carbons (Fsp3) is 0.500. The van der Waals surface area contributed by atoms with Gasteiger partial charge in [0.2, 0.25) is 0 Å². The van der Waals surface area contributed by atoms with E-state index in [4.69, 9.17) is 9.84 Å². The van der Waals surface area contributed by atoms with Gasteiger partial charge in [-0.1, -0.05) is 13.8 Å². The maximum Gasteiger partial charge on any atom is 0.335 e. The van der Waals surface area contributed by atoms with Crippen molar-refractivity contribution in [2.45, 2.75) is 26.8 Å². The van der Waals surface area contributed by atoms with Gasteiger partial charge in [0, 0.05) is 12.1 Å². The molecule has 1 rings (SSSR count). The number of carboxylic acid groups (broad SMARTS) is 1. The first-order chi connectivity index (χ1) is 8.62. The van der Waals surface area contributed by atoms with Gasteiger partial charge in [0.1, 0.15) is 5.75 Å². The van der Waals surface area contributed by atoms with E-state index in [0.717, 1.165) is 30.8 Å². The minimum atomic E-state index is -0.905. The Morgan fingerprint density at radius 2 is 2.11 bits per heavy atom. The number of methoxy groups -OCH3 is 1. The van der Waals surface area contributed by atoms with Crippen LogP contribution in [0.15, 0.2) is 18.2 Å². The molecule has 18 heavy (non-hydrogen) atoms. The van der Waals surface area contributed by atoms with Crippen molar-refractivity contribution < 1.29 is 14.6 Å². The van der Waals surface area contributed by atoms with E-state index in [2.05, 4.69) is 18.7 Å². The minimum absolute atomic E-state index is 0.304. The summed E-state index contributed by atoms with van der Waals surface area (Å²) in [4.78, 5) is 13.2. The molecule has 1 N–H and O–H groups in total. The molecule has 4 nitrogen and oxygen atoms in total. The van der Waals surface area contributed by atoms with Crippen LogP contribution < -0.4 is 4.74 Å². The Morgan fingerprint density at radius 3 is 2.61 bits per heavy atom. The number of nitrogens with zero attached hydrogens (tertiary/aromatic N) is 1. The average Bonchev–Trinajstić information content (AvgIpc) is 2.37. The summed E-state index contributed by atoms with van der Waals surface area (Å²) >= 11 is 0. The monoisotopic (exact) mass is 251 g/mol. The number of carboxylic acids is 1. The molecule has 0 aliphatic carbocycles. The molecule has 100 valence electrons. The zero-order valence-electron chi connectivity index (χ0n) is 11.3. The van der Waals surface area contributed by atoms with Crippen LogP contribution in [-0.2, 0) is 6.54 Å². The van der Waals surface area contributed by atoms with E-state index in [1.54, 1.807) is 25.3 Å². The molecule has 0 fully saturated rings. The van der Waals surface area contributed by atoms with Crippen molar-refractivity contribution in [3.05, 3.63) is 29.3 Å². The topological polar surface area (TPSA) is 49.8 Å². The second-order valence-electron chi connectivity index (χ2n) is 4.20. The number of benzene rings is 1. The van der Waals surface area contributed by atoms with E-state index in [1.165, 1.54) is 0 Å². The van der Waals surface area contributed by atoms with Crippen molar-refractivity contribution in [1.29, 1.82) is 0 Å². The smallest absolute Gasteiger partial charge is 0.335 e. The lowest BCUT2D eigenvalue weighted by atomic mass is 10.1. The van der Waals surface area contributed by atoms with Crippen LogP contribution in [0.5, 0.6) is 5.75 Å². The zero-order valence-corrected chi connectivity index (χ0v) is 11.3. The van der Waals surface area contributed by atoms with Gasteiger partial charge in [-0.2, -0.15) is 0 Å². The highest BCUT2D eigenvalue weighted by Gasteiger charge is 2.11. The first-order valence-corrected chi connectivity index (χ1v) is 6.24. The SMILES string of the molecule is CCCN(CC)Cc1cc(C(=O)O)ccc1OC. The molecule has 4 heteroatoms. The van der Waals surface area contributed by atoms with Crippen LogP contribution in [-0.4, -0.2) is 36.2 Å². The largest absolute Gasteiger partial charge is 0.496 e. The van der Waals surface area contributed by atoms with Gasteiger partial charge in [-0.3, -0.25) is 4.90 Å². The average molecular weight is 251 g/mol. The van der Waals surface area contributed by atoms with Crippen LogP contribution in [0.2, 0.25) is 0 Å². The molecule has 0 bridgehead atoms. The van der Waals surface area contributed by atoms with Crippen LogP contribution in [0.3, 0.4) is 0 Å². The highest BCUT2D eigenvalue weighted by molar-refractivity contribution is 5.88. The Balaban J connectivity index is 2.96. The predicted molar refractivity (Wildman–Crippen MR) is 71.2 cm³/mol. The lowest BCUT2D eigenvalue weighted by molar-refractivity contribution is 0.0696. The van der Waals surface area contributed by atoms with Gasteiger partial charge in [-0.05, 0) is 37.7 Å². The maximum atomic E-state index is 11.0. The molecule has 0 saturated carbocycles. The van der Waals surface area contributed by atoms with Gasteiger partial charge in [-0.15, -0.1) is 0 Å². The molecular weight excluding hydrogens is 230 g/mol. The first-order valence-electron chi connectivity index (χ1n) is 6.24. The highest BCUT2D eigenvalue weighted by Crippen LogP contribution is 2.21. The van der Waals surface area contributed by atoms with E-state index in [9.17, 15) is 4.79 Å². The molecule has 0 heterocycles. The molecule has 0 unspecified atom stereocenters. The third-order valence-corrected chi connectivity index (χ3v) is 2.91. The molecule has 0 atom stereocenters. The van der Waals surface area contributed by atoms with Crippen molar-refractivity contribution in [1.82, 2.24) is 4.90 Å². The van der Waals surface area contributed by atoms with Crippen molar-refractivity contribution in [3.63, 3.8) is 0 Å². The molecule has 0 radical (unpaired) electrons. The number of hydrogen-bond acceptors (Lipinski definition) is 3. The van der Waals surface area contributed by atoms with Gasteiger partial charge in [0.05, 0.1) is 12.7 Å². The second-order valence-corrected chi connectivity index (χ2v) is 4.20. The van der Waals surface area contributed by atoms with Crippen molar-refractivity contribution in [2.24, 2.45) is 0 Å². The van der Waals surface area contributed by atoms with Gasteiger partial charge in [0.15, 0.2) is 0 Å². The highest BCUT2D eigenvalue weighted by atomic mass is 16.5. The summed E-state index contributed by atoms with van der Waals surface area (Å²) < 4.78 is 5.28. The molecule has 0 saturated heterocycles. The number of hydrogen-bond donors (Lipinski definition) is 1. The molecule has 1 aromatic rings. The van der Waals surface area contributed by atoms with Crippen molar-refractivity contribution >= 4 is 5.97 Å². The molecule has 0 aliphatic rings. The Kier molecular flexibility index (Phi) is 5.65. The molecule has 0 spiro atoms. The number of rotatable bonds is 7. The second kappa shape index (κ2) is 7.01. The van der Waals surface area contributed by atoms with Gasteiger partial charge >= 0.3 is 5.97 Å². The Labute approximate surface area is 108 Å². The number of carbonyl (C=O) groups is 1. The molecular formula is C14H21NO3. The van der Waals surface area contributed by atoms with E-state index < -0.39 is 5.97 Å². The summed E-state index contributed by atoms with van der Waals surface area (Å²) in [5.41, 5.74) is 1.23. The number of ether oxygens (including phenoxy) is 1. The number of aromatic carboxylic acids is 1. The van der Waals surface area contributed by atoms with E-state index in [-0.39, 0.29) is 0 Å². The third kappa shape index (κ3) is 3.74. The fourth-order valence-corrected chi connectivity index (χ4v) is 1.94.